The Bertz CT molecular complexity index is 673. The number of hydrogen-bond donors (Lipinski definition) is 2. The summed E-state index contributed by atoms with van der Waals surface area (Å²) in [5.41, 5.74) is 7.58. The third kappa shape index (κ3) is 4.47. The Hall–Kier alpha value is -2.59. The molecule has 1 amide bonds. The van der Waals surface area contributed by atoms with Crippen molar-refractivity contribution in [2.45, 2.75) is 12.1 Å². The van der Waals surface area contributed by atoms with Gasteiger partial charge >= 0.3 is 0 Å². The molecule has 1 aromatic heterocycles. The highest BCUT2D eigenvalue weighted by atomic mass is 32.2. The van der Waals surface area contributed by atoms with Gasteiger partial charge in [0, 0.05) is 17.4 Å². The minimum Gasteiger partial charge on any atom is -0.384 e. The number of carbonyl (C=O) groups is 1. The van der Waals surface area contributed by atoms with E-state index in [9.17, 15) is 4.79 Å². The molecule has 0 saturated heterocycles. The molecule has 2 rings (SSSR count). The predicted molar refractivity (Wildman–Crippen MR) is 81.7 cm³/mol. The number of thioether (sulfide) groups is 1. The van der Waals surface area contributed by atoms with Crippen LogP contribution in [0.4, 0.5) is 11.5 Å². The molecule has 0 radical (unpaired) electrons. The second-order valence-corrected chi connectivity index (χ2v) is 5.19. The predicted octanol–water partition coefficient (Wildman–Crippen LogP) is 1.97. The van der Waals surface area contributed by atoms with E-state index in [0.29, 0.717) is 22.2 Å². The summed E-state index contributed by atoms with van der Waals surface area (Å²) in [6.07, 6.45) is 0. The monoisotopic (exact) mass is 299 g/mol. The van der Waals surface area contributed by atoms with Crippen molar-refractivity contribution >= 4 is 29.2 Å². The van der Waals surface area contributed by atoms with E-state index in [2.05, 4.69) is 15.3 Å². The summed E-state index contributed by atoms with van der Waals surface area (Å²) in [5, 5.41) is 11.9. The lowest BCUT2D eigenvalue weighted by Crippen LogP contribution is -2.14. The number of nitrogens with zero attached hydrogens (tertiary/aromatic N) is 3. The SMILES string of the molecule is Cc1cc(N)nc(SCC(=O)Nc2ccc(C#N)cc2)n1. The maximum atomic E-state index is 11.8. The van der Waals surface area contributed by atoms with E-state index in [4.69, 9.17) is 11.0 Å². The summed E-state index contributed by atoms with van der Waals surface area (Å²) < 4.78 is 0. The summed E-state index contributed by atoms with van der Waals surface area (Å²) in [6.45, 7) is 1.82. The van der Waals surface area contributed by atoms with Gasteiger partial charge in [-0.1, -0.05) is 11.8 Å². The van der Waals surface area contributed by atoms with E-state index in [1.807, 2.05) is 13.0 Å². The van der Waals surface area contributed by atoms with Crippen LogP contribution >= 0.6 is 11.8 Å². The molecule has 0 aliphatic heterocycles. The Morgan fingerprint density at radius 2 is 2.10 bits per heavy atom. The van der Waals surface area contributed by atoms with Gasteiger partial charge in [0.2, 0.25) is 5.91 Å². The molecule has 0 unspecified atom stereocenters. The zero-order chi connectivity index (χ0) is 15.2. The summed E-state index contributed by atoms with van der Waals surface area (Å²) in [4.78, 5) is 20.1. The average molecular weight is 299 g/mol. The largest absolute Gasteiger partial charge is 0.384 e. The van der Waals surface area contributed by atoms with E-state index < -0.39 is 0 Å². The normalized spacial score (nSPS) is 9.90. The number of nitriles is 1. The van der Waals surface area contributed by atoms with Crippen molar-refractivity contribution < 1.29 is 4.79 Å². The van der Waals surface area contributed by atoms with E-state index in [1.54, 1.807) is 30.3 Å². The second kappa shape index (κ2) is 6.72. The van der Waals surface area contributed by atoms with Crippen LogP contribution in [-0.4, -0.2) is 21.6 Å². The highest BCUT2D eigenvalue weighted by Gasteiger charge is 2.07. The second-order valence-electron chi connectivity index (χ2n) is 4.24. The number of amides is 1. The molecule has 0 aliphatic rings. The first-order chi connectivity index (χ1) is 10.1. The van der Waals surface area contributed by atoms with Crippen molar-refractivity contribution in [3.63, 3.8) is 0 Å². The van der Waals surface area contributed by atoms with Gasteiger partial charge in [0.25, 0.3) is 0 Å². The van der Waals surface area contributed by atoms with Gasteiger partial charge in [0.1, 0.15) is 5.82 Å². The number of aromatic nitrogens is 2. The molecule has 0 atom stereocenters. The van der Waals surface area contributed by atoms with E-state index in [0.717, 1.165) is 5.69 Å². The standard InChI is InChI=1S/C14H13N5OS/c1-9-6-12(16)19-14(17-9)21-8-13(20)18-11-4-2-10(7-15)3-5-11/h2-6H,8H2,1H3,(H,18,20)(H2,16,17,19). The zero-order valence-electron chi connectivity index (χ0n) is 11.3. The lowest BCUT2D eigenvalue weighted by molar-refractivity contribution is -0.113. The number of aryl methyl sites for hydroxylation is 1. The van der Waals surface area contributed by atoms with Crippen LogP contribution < -0.4 is 11.1 Å². The fourth-order valence-corrected chi connectivity index (χ4v) is 2.30. The van der Waals surface area contributed by atoms with Gasteiger partial charge in [0.15, 0.2) is 5.16 Å². The van der Waals surface area contributed by atoms with Gasteiger partial charge in [-0.2, -0.15) is 5.26 Å². The van der Waals surface area contributed by atoms with Crippen LogP contribution in [0.15, 0.2) is 35.5 Å². The molecule has 2 aromatic rings. The molecule has 1 aromatic carbocycles. The lowest BCUT2D eigenvalue weighted by Gasteiger charge is -2.05. The first kappa shape index (κ1) is 14.8. The Morgan fingerprint density at radius 1 is 1.38 bits per heavy atom. The zero-order valence-corrected chi connectivity index (χ0v) is 12.1. The van der Waals surface area contributed by atoms with Crippen LogP contribution in [0.3, 0.4) is 0 Å². The smallest absolute Gasteiger partial charge is 0.234 e. The van der Waals surface area contributed by atoms with Crippen LogP contribution in [-0.2, 0) is 4.79 Å². The molecule has 0 saturated carbocycles. The topological polar surface area (TPSA) is 105 Å². The van der Waals surface area contributed by atoms with Gasteiger partial charge in [0.05, 0.1) is 17.4 Å². The van der Waals surface area contributed by atoms with Crippen LogP contribution in [0.2, 0.25) is 0 Å². The molecule has 1 heterocycles. The minimum absolute atomic E-state index is 0.173. The van der Waals surface area contributed by atoms with Gasteiger partial charge in [-0.15, -0.1) is 0 Å². The molecule has 7 heteroatoms. The van der Waals surface area contributed by atoms with Crippen LogP contribution in [0.5, 0.6) is 0 Å². The Kier molecular flexibility index (Phi) is 4.74. The number of nitrogens with two attached hydrogens (primary N) is 1. The summed E-state index contributed by atoms with van der Waals surface area (Å²) in [5.74, 6) is 0.397. The van der Waals surface area contributed by atoms with Crippen LogP contribution in [0, 0.1) is 18.3 Å². The van der Waals surface area contributed by atoms with Crippen molar-refractivity contribution in [2.75, 3.05) is 16.8 Å². The molecular weight excluding hydrogens is 286 g/mol. The maximum absolute atomic E-state index is 11.8. The Balaban J connectivity index is 1.91. The van der Waals surface area contributed by atoms with E-state index in [-0.39, 0.29) is 11.7 Å². The lowest BCUT2D eigenvalue weighted by atomic mass is 10.2. The Morgan fingerprint density at radius 3 is 2.71 bits per heavy atom. The van der Waals surface area contributed by atoms with Crippen molar-refractivity contribution in [1.82, 2.24) is 9.97 Å². The number of anilines is 2. The summed E-state index contributed by atoms with van der Waals surface area (Å²) >= 11 is 1.22. The number of rotatable bonds is 4. The summed E-state index contributed by atoms with van der Waals surface area (Å²) in [7, 11) is 0. The van der Waals surface area contributed by atoms with Crippen molar-refractivity contribution in [3.05, 3.63) is 41.6 Å². The highest BCUT2D eigenvalue weighted by molar-refractivity contribution is 7.99. The number of nitrogens with one attached hydrogen (secondary N) is 1. The van der Waals surface area contributed by atoms with Crippen LogP contribution in [0.25, 0.3) is 0 Å². The quantitative estimate of drug-likeness (QED) is 0.660. The third-order valence-corrected chi connectivity index (χ3v) is 3.33. The molecule has 0 fully saturated rings. The number of benzene rings is 1. The van der Waals surface area contributed by atoms with Crippen molar-refractivity contribution in [2.24, 2.45) is 0 Å². The minimum atomic E-state index is -0.173. The molecule has 21 heavy (non-hydrogen) atoms. The highest BCUT2D eigenvalue weighted by Crippen LogP contribution is 2.16. The molecule has 3 N–H and O–H groups in total. The van der Waals surface area contributed by atoms with Crippen LogP contribution in [0.1, 0.15) is 11.3 Å². The van der Waals surface area contributed by atoms with Gasteiger partial charge in [-0.25, -0.2) is 9.97 Å². The molecule has 0 spiro atoms. The molecule has 106 valence electrons. The fourth-order valence-electron chi connectivity index (χ4n) is 1.58. The third-order valence-electron chi connectivity index (χ3n) is 2.48. The first-order valence-corrected chi connectivity index (χ1v) is 7.09. The maximum Gasteiger partial charge on any atom is 0.234 e. The number of hydrogen-bond acceptors (Lipinski definition) is 6. The Labute approximate surface area is 126 Å². The van der Waals surface area contributed by atoms with Gasteiger partial charge < -0.3 is 11.1 Å². The molecule has 0 aliphatic carbocycles. The first-order valence-electron chi connectivity index (χ1n) is 6.11. The van der Waals surface area contributed by atoms with Gasteiger partial charge in [-0.3, -0.25) is 4.79 Å². The molecular formula is C14H13N5OS. The van der Waals surface area contributed by atoms with E-state index in [1.165, 1.54) is 11.8 Å². The van der Waals surface area contributed by atoms with Crippen molar-refractivity contribution in [1.29, 1.82) is 5.26 Å². The summed E-state index contributed by atoms with van der Waals surface area (Å²) in [6, 6.07) is 10.3. The van der Waals surface area contributed by atoms with Gasteiger partial charge in [-0.05, 0) is 31.2 Å². The fraction of sp³-hybridized carbons (Fsp3) is 0.143. The molecule has 6 nitrogen and oxygen atoms in total. The van der Waals surface area contributed by atoms with Crippen molar-refractivity contribution in [3.8, 4) is 6.07 Å². The number of nitrogen functional groups attached to an aromatic ring is 1. The average Bonchev–Trinajstić information content (AvgIpc) is 2.45. The number of carbonyl (C=O) groups excluding carboxylic acids is 1. The molecule has 0 bridgehead atoms. The van der Waals surface area contributed by atoms with E-state index >= 15 is 0 Å².